The van der Waals surface area contributed by atoms with E-state index in [-0.39, 0.29) is 18.1 Å². The van der Waals surface area contributed by atoms with Crippen molar-refractivity contribution in [1.29, 1.82) is 0 Å². The van der Waals surface area contributed by atoms with E-state index >= 15 is 0 Å². The minimum atomic E-state index is -0.866. The first-order chi connectivity index (χ1) is 8.58. The Bertz CT molecular complexity index is 505. The molecule has 19 heavy (non-hydrogen) atoms. The molecule has 0 radical (unpaired) electrons. The number of aliphatic carboxylic acids is 1. The highest BCUT2D eigenvalue weighted by Gasteiger charge is 2.31. The molecule has 0 aliphatic rings. The highest BCUT2D eigenvalue weighted by Crippen LogP contribution is 2.43. The summed E-state index contributed by atoms with van der Waals surface area (Å²) in [4.78, 5) is 11.0. The van der Waals surface area contributed by atoms with Gasteiger partial charge >= 0.3 is 5.97 Å². The van der Waals surface area contributed by atoms with Crippen molar-refractivity contribution >= 4 is 21.9 Å². The van der Waals surface area contributed by atoms with Crippen LogP contribution in [0.15, 0.2) is 10.5 Å². The van der Waals surface area contributed by atoms with Gasteiger partial charge in [-0.2, -0.15) is 0 Å². The maximum atomic E-state index is 11.0. The Morgan fingerprint density at radius 2 is 1.95 bits per heavy atom. The smallest absolute Gasteiger partial charge is 0.304 e. The number of carboxylic acid groups (broad SMARTS) is 1. The van der Waals surface area contributed by atoms with E-state index in [1.165, 1.54) is 0 Å². The molecule has 0 unspecified atom stereocenters. The van der Waals surface area contributed by atoms with Crippen LogP contribution in [0.2, 0.25) is 0 Å². The minimum absolute atomic E-state index is 0.0185. The Morgan fingerprint density at radius 3 is 2.37 bits per heavy atom. The summed E-state index contributed by atoms with van der Waals surface area (Å²) < 4.78 is 0.905. The summed E-state index contributed by atoms with van der Waals surface area (Å²) in [6.07, 6.45) is -0.0185. The molecular weight excluding hydrogens is 308 g/mol. The third-order valence-corrected chi connectivity index (χ3v) is 4.24. The molecule has 3 nitrogen and oxygen atoms in total. The lowest BCUT2D eigenvalue weighted by atomic mass is 9.77. The molecule has 0 amide bonds. The largest absolute Gasteiger partial charge is 0.507 e. The summed E-state index contributed by atoms with van der Waals surface area (Å²) in [5.41, 5.74) is 1.83. The summed E-state index contributed by atoms with van der Waals surface area (Å²) in [6, 6.07) is 1.91. The molecule has 4 heteroatoms. The van der Waals surface area contributed by atoms with Crippen molar-refractivity contribution in [3.05, 3.63) is 27.2 Å². The predicted octanol–water partition coefficient (Wildman–Crippen LogP) is 4.34. The molecule has 0 fully saturated rings. The molecule has 0 aliphatic heterocycles. The van der Waals surface area contributed by atoms with Gasteiger partial charge in [0.15, 0.2) is 0 Å². The van der Waals surface area contributed by atoms with Crippen LogP contribution in [0.25, 0.3) is 0 Å². The molecule has 0 heterocycles. The van der Waals surface area contributed by atoms with Gasteiger partial charge in [0.25, 0.3) is 0 Å². The second kappa shape index (κ2) is 5.53. The number of phenols is 1. The fraction of sp³-hybridized carbons (Fsp3) is 0.533. The molecule has 2 N–H and O–H groups in total. The van der Waals surface area contributed by atoms with E-state index in [2.05, 4.69) is 15.9 Å². The van der Waals surface area contributed by atoms with E-state index in [4.69, 9.17) is 5.11 Å². The Kier molecular flexibility index (Phi) is 4.67. The molecule has 0 saturated carbocycles. The Hall–Kier alpha value is -1.03. The van der Waals surface area contributed by atoms with Crippen molar-refractivity contribution in [2.75, 3.05) is 0 Å². The van der Waals surface area contributed by atoms with Crippen LogP contribution in [0.1, 0.15) is 56.7 Å². The van der Waals surface area contributed by atoms with Crippen molar-refractivity contribution in [2.24, 2.45) is 0 Å². The molecule has 0 saturated heterocycles. The van der Waals surface area contributed by atoms with Crippen molar-refractivity contribution in [3.8, 4) is 5.75 Å². The summed E-state index contributed by atoms with van der Waals surface area (Å²) >= 11 is 3.50. The van der Waals surface area contributed by atoms with Crippen molar-refractivity contribution in [1.82, 2.24) is 0 Å². The fourth-order valence-corrected chi connectivity index (χ4v) is 2.93. The van der Waals surface area contributed by atoms with Crippen LogP contribution < -0.4 is 0 Å². The topological polar surface area (TPSA) is 57.5 Å². The van der Waals surface area contributed by atoms with Gasteiger partial charge in [-0.3, -0.25) is 4.79 Å². The molecular formula is C15H21BrO3. The zero-order chi connectivity index (χ0) is 15.0. The number of carbonyl (C=O) groups is 1. The average molecular weight is 329 g/mol. The molecule has 1 aromatic carbocycles. The van der Waals surface area contributed by atoms with Gasteiger partial charge in [0.1, 0.15) is 5.75 Å². The zero-order valence-electron chi connectivity index (χ0n) is 12.0. The lowest BCUT2D eigenvalue weighted by Crippen LogP contribution is -2.23. The van der Waals surface area contributed by atoms with Gasteiger partial charge in [-0.05, 0) is 30.0 Å². The summed E-state index contributed by atoms with van der Waals surface area (Å²) in [6.45, 7) is 9.60. The first-order valence-corrected chi connectivity index (χ1v) is 7.11. The molecule has 0 spiro atoms. The van der Waals surface area contributed by atoms with E-state index in [9.17, 15) is 9.90 Å². The van der Waals surface area contributed by atoms with E-state index in [1.54, 1.807) is 0 Å². The quantitative estimate of drug-likeness (QED) is 0.864. The highest BCUT2D eigenvalue weighted by molar-refractivity contribution is 9.10. The first-order valence-electron chi connectivity index (χ1n) is 6.32. The van der Waals surface area contributed by atoms with Crippen LogP contribution in [0.4, 0.5) is 0 Å². The normalized spacial score (nSPS) is 11.9. The minimum Gasteiger partial charge on any atom is -0.507 e. The predicted molar refractivity (Wildman–Crippen MR) is 79.9 cm³/mol. The number of carboxylic acids is 1. The van der Waals surface area contributed by atoms with Crippen LogP contribution >= 0.6 is 15.9 Å². The van der Waals surface area contributed by atoms with Gasteiger partial charge in [-0.15, -0.1) is 0 Å². The second-order valence-corrected chi connectivity index (χ2v) is 6.76. The zero-order valence-corrected chi connectivity index (χ0v) is 13.6. The third kappa shape index (κ3) is 3.30. The van der Waals surface area contributed by atoms with Gasteiger partial charge in [-0.25, -0.2) is 0 Å². The number of hydrogen-bond acceptors (Lipinski definition) is 2. The van der Waals surface area contributed by atoms with Crippen LogP contribution in [-0.4, -0.2) is 16.2 Å². The second-order valence-electron chi connectivity index (χ2n) is 5.91. The van der Waals surface area contributed by atoms with E-state index < -0.39 is 11.4 Å². The van der Waals surface area contributed by atoms with E-state index in [0.29, 0.717) is 5.56 Å². The van der Waals surface area contributed by atoms with Gasteiger partial charge in [-0.1, -0.05) is 43.6 Å². The molecule has 0 bridgehead atoms. The van der Waals surface area contributed by atoms with Gasteiger partial charge in [0.05, 0.1) is 6.42 Å². The van der Waals surface area contributed by atoms with Crippen molar-refractivity contribution in [2.45, 2.75) is 52.4 Å². The average Bonchev–Trinajstić information content (AvgIpc) is 2.20. The Morgan fingerprint density at radius 1 is 1.42 bits per heavy atom. The number of hydrogen-bond donors (Lipinski definition) is 2. The maximum Gasteiger partial charge on any atom is 0.304 e. The lowest BCUT2D eigenvalue weighted by molar-refractivity contribution is -0.138. The third-order valence-electron chi connectivity index (χ3n) is 3.42. The van der Waals surface area contributed by atoms with Gasteiger partial charge in [0.2, 0.25) is 0 Å². The maximum absolute atomic E-state index is 11.0. The van der Waals surface area contributed by atoms with E-state index in [1.807, 2.05) is 40.7 Å². The van der Waals surface area contributed by atoms with Gasteiger partial charge in [0, 0.05) is 15.5 Å². The van der Waals surface area contributed by atoms with Crippen molar-refractivity contribution < 1.29 is 15.0 Å². The number of aromatic hydroxyl groups is 1. The monoisotopic (exact) mass is 328 g/mol. The van der Waals surface area contributed by atoms with E-state index in [0.717, 1.165) is 15.6 Å². The molecule has 0 atom stereocenters. The summed E-state index contributed by atoms with van der Waals surface area (Å²) in [5.74, 6) is -0.465. The van der Waals surface area contributed by atoms with Crippen LogP contribution in [-0.2, 0) is 10.2 Å². The molecule has 1 rings (SSSR count). The highest BCUT2D eigenvalue weighted by atomic mass is 79.9. The molecule has 0 aliphatic carbocycles. The Balaban J connectivity index is 3.53. The van der Waals surface area contributed by atoms with Crippen LogP contribution in [0.5, 0.6) is 5.75 Å². The summed E-state index contributed by atoms with van der Waals surface area (Å²) in [5, 5.41) is 19.5. The van der Waals surface area contributed by atoms with Crippen LogP contribution in [0, 0.1) is 6.92 Å². The Labute approximate surface area is 122 Å². The number of benzene rings is 1. The number of rotatable bonds is 4. The van der Waals surface area contributed by atoms with Crippen LogP contribution in [0.3, 0.4) is 0 Å². The number of halogens is 1. The molecule has 0 aromatic heterocycles. The SMILES string of the molecule is Cc1c(Br)cc(C(C)C)c(O)c1C(C)(C)CC(=O)O. The van der Waals surface area contributed by atoms with Gasteiger partial charge < -0.3 is 10.2 Å². The molecule has 106 valence electrons. The first kappa shape index (κ1) is 16.0. The number of phenolic OH excluding ortho intramolecular Hbond substituents is 1. The fourth-order valence-electron chi connectivity index (χ4n) is 2.49. The standard InChI is InChI=1S/C15H21BrO3/c1-8(2)10-6-11(16)9(3)13(14(10)19)15(4,5)7-12(17)18/h6,8,19H,7H2,1-5H3,(H,17,18). The summed E-state index contributed by atoms with van der Waals surface area (Å²) in [7, 11) is 0. The lowest BCUT2D eigenvalue weighted by Gasteiger charge is -2.28. The van der Waals surface area contributed by atoms with Crippen molar-refractivity contribution in [3.63, 3.8) is 0 Å². The molecule has 1 aromatic rings.